The number of aromatic amines is 1. The number of hydrogen-bond acceptors (Lipinski definition) is 3. The molecule has 29 heavy (non-hydrogen) atoms. The fourth-order valence-corrected chi connectivity index (χ4v) is 3.02. The van der Waals surface area contributed by atoms with E-state index in [9.17, 15) is 19.5 Å². The van der Waals surface area contributed by atoms with E-state index in [-0.39, 0.29) is 12.1 Å². The number of H-pyrrole nitrogens is 1. The average molecular weight is 391 g/mol. The van der Waals surface area contributed by atoms with E-state index in [2.05, 4.69) is 15.6 Å². The molecule has 7 nitrogen and oxygen atoms in total. The van der Waals surface area contributed by atoms with Crippen molar-refractivity contribution in [2.75, 3.05) is 0 Å². The molecule has 0 aliphatic heterocycles. The number of aromatic nitrogens is 1. The fourth-order valence-electron chi connectivity index (χ4n) is 3.02. The highest BCUT2D eigenvalue weighted by Gasteiger charge is 2.24. The molecule has 0 saturated carbocycles. The molecule has 3 aromatic rings. The monoisotopic (exact) mass is 391 g/mol. The van der Waals surface area contributed by atoms with Crippen molar-refractivity contribution in [3.63, 3.8) is 0 Å². The second-order valence-electron chi connectivity index (χ2n) is 6.58. The molecule has 0 saturated heterocycles. The predicted molar refractivity (Wildman–Crippen MR) is 110 cm³/mol. The Bertz CT molecular complexity index is 1070. The first-order chi connectivity index (χ1) is 13.9. The Morgan fingerprint density at radius 2 is 1.76 bits per heavy atom. The van der Waals surface area contributed by atoms with E-state index in [0.717, 1.165) is 16.5 Å². The molecule has 2 amide bonds. The molecule has 148 valence electrons. The zero-order chi connectivity index (χ0) is 20.8. The van der Waals surface area contributed by atoms with Gasteiger partial charge in [-0.2, -0.15) is 0 Å². The van der Waals surface area contributed by atoms with Gasteiger partial charge in [-0.3, -0.25) is 9.59 Å². The number of amides is 2. The van der Waals surface area contributed by atoms with Crippen LogP contribution in [0.2, 0.25) is 0 Å². The SMILES string of the molecule is CC(=O)N/C(=C\c1ccccc1)C(=O)N[C@H](Cc1c[nH]c2ccccc12)C(=O)O. The van der Waals surface area contributed by atoms with Gasteiger partial charge in [-0.1, -0.05) is 48.5 Å². The number of nitrogens with one attached hydrogen (secondary N) is 3. The van der Waals surface area contributed by atoms with Gasteiger partial charge in [-0.15, -0.1) is 0 Å². The summed E-state index contributed by atoms with van der Waals surface area (Å²) in [6.45, 7) is 1.28. The number of hydrogen-bond donors (Lipinski definition) is 4. The maximum atomic E-state index is 12.7. The van der Waals surface area contributed by atoms with Gasteiger partial charge in [0.15, 0.2) is 0 Å². The molecule has 7 heteroatoms. The maximum Gasteiger partial charge on any atom is 0.326 e. The summed E-state index contributed by atoms with van der Waals surface area (Å²) < 4.78 is 0. The van der Waals surface area contributed by atoms with Crippen molar-refractivity contribution in [3.05, 3.63) is 77.6 Å². The molecule has 0 fully saturated rings. The van der Waals surface area contributed by atoms with E-state index in [1.165, 1.54) is 13.0 Å². The molecule has 1 heterocycles. The van der Waals surface area contributed by atoms with Crippen LogP contribution in [0.25, 0.3) is 17.0 Å². The van der Waals surface area contributed by atoms with Crippen LogP contribution >= 0.6 is 0 Å². The van der Waals surface area contributed by atoms with Gasteiger partial charge in [-0.25, -0.2) is 4.79 Å². The number of carboxylic acid groups (broad SMARTS) is 1. The third-order valence-corrected chi connectivity index (χ3v) is 4.37. The van der Waals surface area contributed by atoms with Crippen LogP contribution < -0.4 is 10.6 Å². The van der Waals surface area contributed by atoms with Crippen LogP contribution in [0.1, 0.15) is 18.1 Å². The number of carboxylic acids is 1. The molecular formula is C22H21N3O4. The number of carbonyl (C=O) groups is 3. The molecule has 0 bridgehead atoms. The van der Waals surface area contributed by atoms with Crippen LogP contribution in [0.15, 0.2) is 66.5 Å². The predicted octanol–water partition coefficient (Wildman–Crippen LogP) is 2.46. The minimum absolute atomic E-state index is 0.0196. The van der Waals surface area contributed by atoms with Crippen molar-refractivity contribution in [2.24, 2.45) is 0 Å². The van der Waals surface area contributed by atoms with Crippen LogP contribution in [0.5, 0.6) is 0 Å². The summed E-state index contributed by atoms with van der Waals surface area (Å²) in [6.07, 6.45) is 3.34. The van der Waals surface area contributed by atoms with E-state index in [4.69, 9.17) is 0 Å². The molecule has 3 rings (SSSR count). The van der Waals surface area contributed by atoms with Crippen LogP contribution in [0.3, 0.4) is 0 Å². The molecule has 0 aliphatic rings. The number of benzene rings is 2. The Hall–Kier alpha value is -3.87. The zero-order valence-corrected chi connectivity index (χ0v) is 15.8. The number of para-hydroxylation sites is 1. The molecular weight excluding hydrogens is 370 g/mol. The Morgan fingerprint density at radius 3 is 2.45 bits per heavy atom. The third kappa shape index (κ3) is 5.10. The average Bonchev–Trinajstić information content (AvgIpc) is 3.10. The van der Waals surface area contributed by atoms with Crippen LogP contribution in [-0.4, -0.2) is 33.9 Å². The van der Waals surface area contributed by atoms with Crippen molar-refractivity contribution in [1.29, 1.82) is 0 Å². The van der Waals surface area contributed by atoms with E-state index in [1.54, 1.807) is 30.5 Å². The molecule has 0 aliphatic carbocycles. The summed E-state index contributed by atoms with van der Waals surface area (Å²) in [7, 11) is 0. The highest BCUT2D eigenvalue weighted by Crippen LogP contribution is 2.19. The molecule has 0 radical (unpaired) electrons. The van der Waals surface area contributed by atoms with E-state index in [0.29, 0.717) is 5.56 Å². The number of aliphatic carboxylic acids is 1. The Kier molecular flexibility index (Phi) is 6.09. The van der Waals surface area contributed by atoms with Gasteiger partial charge in [-0.05, 0) is 23.3 Å². The van der Waals surface area contributed by atoms with Crippen molar-refractivity contribution >= 4 is 34.8 Å². The number of fused-ring (bicyclic) bond motifs is 1. The second-order valence-corrected chi connectivity index (χ2v) is 6.58. The number of carbonyl (C=O) groups excluding carboxylic acids is 2. The Balaban J connectivity index is 1.82. The van der Waals surface area contributed by atoms with Crippen molar-refractivity contribution in [1.82, 2.24) is 15.6 Å². The van der Waals surface area contributed by atoms with Crippen molar-refractivity contribution < 1.29 is 19.5 Å². The molecule has 1 aromatic heterocycles. The highest BCUT2D eigenvalue weighted by molar-refractivity contribution is 6.02. The Labute approximate surface area is 167 Å². The van der Waals surface area contributed by atoms with Gasteiger partial charge in [0.1, 0.15) is 11.7 Å². The minimum atomic E-state index is -1.16. The first-order valence-corrected chi connectivity index (χ1v) is 9.07. The molecule has 0 spiro atoms. The lowest BCUT2D eigenvalue weighted by molar-refractivity contribution is -0.141. The lowest BCUT2D eigenvalue weighted by Crippen LogP contribution is -2.45. The molecule has 4 N–H and O–H groups in total. The van der Waals surface area contributed by atoms with Gasteiger partial charge in [0.25, 0.3) is 5.91 Å². The summed E-state index contributed by atoms with van der Waals surface area (Å²) in [5, 5.41) is 15.5. The zero-order valence-electron chi connectivity index (χ0n) is 15.8. The van der Waals surface area contributed by atoms with Crippen LogP contribution in [-0.2, 0) is 20.8 Å². The van der Waals surface area contributed by atoms with Crippen LogP contribution in [0, 0.1) is 0 Å². The van der Waals surface area contributed by atoms with E-state index >= 15 is 0 Å². The quantitative estimate of drug-likeness (QED) is 0.464. The first kappa shape index (κ1) is 19.9. The third-order valence-electron chi connectivity index (χ3n) is 4.37. The molecule has 1 atom stereocenters. The summed E-state index contributed by atoms with van der Waals surface area (Å²) in [6, 6.07) is 15.3. The first-order valence-electron chi connectivity index (χ1n) is 9.07. The minimum Gasteiger partial charge on any atom is -0.480 e. The van der Waals surface area contributed by atoms with Crippen molar-refractivity contribution in [3.8, 4) is 0 Å². The lowest BCUT2D eigenvalue weighted by atomic mass is 10.0. The highest BCUT2D eigenvalue weighted by atomic mass is 16.4. The second kappa shape index (κ2) is 8.88. The van der Waals surface area contributed by atoms with E-state index < -0.39 is 23.8 Å². The summed E-state index contributed by atoms with van der Waals surface area (Å²) in [5.41, 5.74) is 2.35. The maximum absolute atomic E-state index is 12.7. The van der Waals surface area contributed by atoms with Gasteiger partial charge < -0.3 is 20.7 Å². The van der Waals surface area contributed by atoms with Gasteiger partial charge in [0.2, 0.25) is 5.91 Å². The van der Waals surface area contributed by atoms with Gasteiger partial charge in [0.05, 0.1) is 0 Å². The van der Waals surface area contributed by atoms with Gasteiger partial charge >= 0.3 is 5.97 Å². The smallest absolute Gasteiger partial charge is 0.326 e. The van der Waals surface area contributed by atoms with Crippen LogP contribution in [0.4, 0.5) is 0 Å². The largest absolute Gasteiger partial charge is 0.480 e. The molecule has 0 unspecified atom stereocenters. The standard InChI is InChI=1S/C22H21N3O4/c1-14(26)24-19(11-15-7-3-2-4-8-15)21(27)25-20(22(28)29)12-16-13-23-18-10-6-5-9-17(16)18/h2-11,13,20,23H,12H2,1H3,(H,24,26)(H,25,27)(H,28,29)/b19-11-/t20-/m1/s1. The molecule has 2 aromatic carbocycles. The fraction of sp³-hybridized carbons (Fsp3) is 0.136. The Morgan fingerprint density at radius 1 is 1.07 bits per heavy atom. The number of rotatable bonds is 7. The summed E-state index contributed by atoms with van der Waals surface area (Å²) in [5.74, 6) is -2.26. The van der Waals surface area contributed by atoms with E-state index in [1.807, 2.05) is 30.3 Å². The van der Waals surface area contributed by atoms with Gasteiger partial charge in [0, 0.05) is 30.4 Å². The lowest BCUT2D eigenvalue weighted by Gasteiger charge is -2.16. The summed E-state index contributed by atoms with van der Waals surface area (Å²) >= 11 is 0. The van der Waals surface area contributed by atoms with Crippen molar-refractivity contribution in [2.45, 2.75) is 19.4 Å². The topological polar surface area (TPSA) is 111 Å². The normalized spacial score (nSPS) is 12.4. The summed E-state index contributed by atoms with van der Waals surface area (Å²) in [4.78, 5) is 39.1.